The fraction of sp³-hybridized carbons (Fsp3) is 0.278. The number of nitrogens with one attached hydrogen (secondary N) is 1. The van der Waals surface area contributed by atoms with Crippen molar-refractivity contribution in [3.8, 4) is 0 Å². The highest BCUT2D eigenvalue weighted by Crippen LogP contribution is 2.22. The monoisotopic (exact) mass is 357 g/mol. The fourth-order valence-corrected chi connectivity index (χ4v) is 3.18. The number of rotatable bonds is 5. The van der Waals surface area contributed by atoms with E-state index in [4.69, 9.17) is 4.98 Å². The highest BCUT2D eigenvalue weighted by Gasteiger charge is 2.15. The van der Waals surface area contributed by atoms with E-state index in [9.17, 15) is 0 Å². The SMILES string of the molecule is CCn1c(C(C)NCc2ccccc2Br)nc2ccccc21. The molecular weight excluding hydrogens is 338 g/mol. The summed E-state index contributed by atoms with van der Waals surface area (Å²) in [4.78, 5) is 4.81. The zero-order valence-electron chi connectivity index (χ0n) is 12.9. The van der Waals surface area contributed by atoms with Crippen LogP contribution in [0.1, 0.15) is 31.3 Å². The first-order valence-electron chi connectivity index (χ1n) is 7.62. The van der Waals surface area contributed by atoms with Crippen molar-refractivity contribution in [1.82, 2.24) is 14.9 Å². The second kappa shape index (κ2) is 6.63. The summed E-state index contributed by atoms with van der Waals surface area (Å²) in [6.07, 6.45) is 0. The van der Waals surface area contributed by atoms with Gasteiger partial charge >= 0.3 is 0 Å². The van der Waals surface area contributed by atoms with E-state index in [-0.39, 0.29) is 6.04 Å². The molecule has 1 atom stereocenters. The van der Waals surface area contributed by atoms with Gasteiger partial charge in [0.25, 0.3) is 0 Å². The molecule has 1 N–H and O–H groups in total. The van der Waals surface area contributed by atoms with Gasteiger partial charge in [-0.15, -0.1) is 0 Å². The van der Waals surface area contributed by atoms with Crippen molar-refractivity contribution in [3.05, 3.63) is 64.4 Å². The Morgan fingerprint density at radius 1 is 1.14 bits per heavy atom. The van der Waals surface area contributed by atoms with E-state index in [0.29, 0.717) is 0 Å². The van der Waals surface area contributed by atoms with Crippen molar-refractivity contribution in [1.29, 1.82) is 0 Å². The van der Waals surface area contributed by atoms with Gasteiger partial charge in [-0.3, -0.25) is 0 Å². The molecule has 3 nitrogen and oxygen atoms in total. The molecule has 0 aliphatic carbocycles. The van der Waals surface area contributed by atoms with Crippen molar-refractivity contribution in [3.63, 3.8) is 0 Å². The molecule has 0 amide bonds. The van der Waals surface area contributed by atoms with Crippen LogP contribution in [0.25, 0.3) is 11.0 Å². The minimum Gasteiger partial charge on any atom is -0.327 e. The van der Waals surface area contributed by atoms with Crippen molar-refractivity contribution in [2.24, 2.45) is 0 Å². The van der Waals surface area contributed by atoms with Crippen LogP contribution < -0.4 is 5.32 Å². The van der Waals surface area contributed by atoms with Crippen LogP contribution in [0.5, 0.6) is 0 Å². The maximum atomic E-state index is 4.81. The lowest BCUT2D eigenvalue weighted by Crippen LogP contribution is -2.21. The quantitative estimate of drug-likeness (QED) is 0.718. The Hall–Kier alpha value is -1.65. The van der Waals surface area contributed by atoms with Crippen LogP contribution in [-0.4, -0.2) is 9.55 Å². The average Bonchev–Trinajstić information content (AvgIpc) is 2.92. The first-order valence-corrected chi connectivity index (χ1v) is 8.42. The lowest BCUT2D eigenvalue weighted by Gasteiger charge is -2.16. The lowest BCUT2D eigenvalue weighted by molar-refractivity contribution is 0.521. The van der Waals surface area contributed by atoms with Gasteiger partial charge in [0.15, 0.2) is 0 Å². The summed E-state index contributed by atoms with van der Waals surface area (Å²) in [6, 6.07) is 16.8. The average molecular weight is 358 g/mol. The highest BCUT2D eigenvalue weighted by atomic mass is 79.9. The number of benzene rings is 2. The lowest BCUT2D eigenvalue weighted by atomic mass is 10.2. The molecule has 0 saturated heterocycles. The van der Waals surface area contributed by atoms with Crippen molar-refractivity contribution in [2.45, 2.75) is 33.0 Å². The number of fused-ring (bicyclic) bond motifs is 1. The molecule has 0 aliphatic heterocycles. The molecule has 1 aromatic heterocycles. The molecule has 3 aromatic rings. The van der Waals surface area contributed by atoms with Gasteiger partial charge in [-0.25, -0.2) is 4.98 Å². The Balaban J connectivity index is 1.83. The van der Waals surface area contributed by atoms with Gasteiger partial charge in [0.1, 0.15) is 5.82 Å². The van der Waals surface area contributed by atoms with Gasteiger partial charge in [0.2, 0.25) is 0 Å². The number of hydrogen-bond donors (Lipinski definition) is 1. The minimum absolute atomic E-state index is 0.194. The Morgan fingerprint density at radius 3 is 2.64 bits per heavy atom. The van der Waals surface area contributed by atoms with Gasteiger partial charge in [-0.1, -0.05) is 46.3 Å². The summed E-state index contributed by atoms with van der Waals surface area (Å²) >= 11 is 3.60. The molecular formula is C18H20BrN3. The third-order valence-corrected chi connectivity index (χ3v) is 4.72. The summed E-state index contributed by atoms with van der Waals surface area (Å²) in [6.45, 7) is 6.08. The van der Waals surface area contributed by atoms with Crippen LogP contribution in [0.3, 0.4) is 0 Å². The summed E-state index contributed by atoms with van der Waals surface area (Å²) in [7, 11) is 0. The smallest absolute Gasteiger partial charge is 0.126 e. The maximum Gasteiger partial charge on any atom is 0.126 e. The summed E-state index contributed by atoms with van der Waals surface area (Å²) in [5, 5.41) is 3.58. The molecule has 4 heteroatoms. The first kappa shape index (κ1) is 15.3. The van der Waals surface area contributed by atoms with E-state index in [0.717, 1.165) is 28.9 Å². The second-order valence-electron chi connectivity index (χ2n) is 5.40. The summed E-state index contributed by atoms with van der Waals surface area (Å²) in [5.74, 6) is 1.09. The summed E-state index contributed by atoms with van der Waals surface area (Å²) < 4.78 is 3.42. The topological polar surface area (TPSA) is 29.9 Å². The standard InChI is InChI=1S/C18H20BrN3/c1-3-22-17-11-7-6-10-16(17)21-18(22)13(2)20-12-14-8-4-5-9-15(14)19/h4-11,13,20H,3,12H2,1-2H3. The molecule has 0 saturated carbocycles. The van der Waals surface area contributed by atoms with E-state index in [1.807, 2.05) is 12.1 Å². The third-order valence-electron chi connectivity index (χ3n) is 3.94. The Kier molecular flexibility index (Phi) is 4.60. The molecule has 1 heterocycles. The van der Waals surface area contributed by atoms with Crippen molar-refractivity contribution in [2.75, 3.05) is 0 Å². The zero-order chi connectivity index (χ0) is 15.5. The third kappa shape index (κ3) is 2.94. The number of imidazole rings is 1. The predicted molar refractivity (Wildman–Crippen MR) is 94.8 cm³/mol. The molecule has 2 aromatic carbocycles. The van der Waals surface area contributed by atoms with E-state index < -0.39 is 0 Å². The van der Waals surface area contributed by atoms with Crippen LogP contribution in [0.2, 0.25) is 0 Å². The van der Waals surface area contributed by atoms with Gasteiger partial charge < -0.3 is 9.88 Å². The predicted octanol–water partition coefficient (Wildman–Crippen LogP) is 4.67. The van der Waals surface area contributed by atoms with Gasteiger partial charge in [0, 0.05) is 17.6 Å². The number of para-hydroxylation sites is 2. The molecule has 0 bridgehead atoms. The zero-order valence-corrected chi connectivity index (χ0v) is 14.5. The number of hydrogen-bond acceptors (Lipinski definition) is 2. The Morgan fingerprint density at radius 2 is 1.86 bits per heavy atom. The Bertz CT molecular complexity index is 779. The molecule has 1 unspecified atom stereocenters. The van der Waals surface area contributed by atoms with Gasteiger partial charge in [0.05, 0.1) is 17.1 Å². The maximum absolute atomic E-state index is 4.81. The fourth-order valence-electron chi connectivity index (χ4n) is 2.75. The molecule has 0 spiro atoms. The van der Waals surface area contributed by atoms with Gasteiger partial charge in [-0.2, -0.15) is 0 Å². The molecule has 0 radical (unpaired) electrons. The van der Waals surface area contributed by atoms with E-state index in [1.165, 1.54) is 11.1 Å². The normalized spacial score (nSPS) is 12.7. The number of aryl methyl sites for hydroxylation is 1. The minimum atomic E-state index is 0.194. The number of halogens is 1. The molecule has 114 valence electrons. The largest absolute Gasteiger partial charge is 0.327 e. The molecule has 3 rings (SSSR count). The van der Waals surface area contributed by atoms with Gasteiger partial charge in [-0.05, 0) is 37.6 Å². The van der Waals surface area contributed by atoms with Crippen LogP contribution in [0.4, 0.5) is 0 Å². The molecule has 22 heavy (non-hydrogen) atoms. The van der Waals surface area contributed by atoms with Crippen LogP contribution >= 0.6 is 15.9 Å². The van der Waals surface area contributed by atoms with E-state index >= 15 is 0 Å². The van der Waals surface area contributed by atoms with Crippen LogP contribution in [-0.2, 0) is 13.1 Å². The highest BCUT2D eigenvalue weighted by molar-refractivity contribution is 9.10. The number of aromatic nitrogens is 2. The molecule has 0 fully saturated rings. The van der Waals surface area contributed by atoms with Crippen molar-refractivity contribution >= 4 is 27.0 Å². The van der Waals surface area contributed by atoms with Crippen LogP contribution in [0.15, 0.2) is 53.0 Å². The second-order valence-corrected chi connectivity index (χ2v) is 6.25. The van der Waals surface area contributed by atoms with E-state index in [2.05, 4.69) is 76.1 Å². The molecule has 0 aliphatic rings. The van der Waals surface area contributed by atoms with Crippen molar-refractivity contribution < 1.29 is 0 Å². The van der Waals surface area contributed by atoms with E-state index in [1.54, 1.807) is 0 Å². The number of nitrogens with zero attached hydrogens (tertiary/aromatic N) is 2. The Labute approximate surface area is 139 Å². The summed E-state index contributed by atoms with van der Waals surface area (Å²) in [5.41, 5.74) is 3.52. The first-order chi connectivity index (χ1) is 10.7. The van der Waals surface area contributed by atoms with Crippen LogP contribution in [0, 0.1) is 0 Å².